The highest BCUT2D eigenvalue weighted by atomic mass is 16.6. The number of aromatic nitrogens is 4. The fraction of sp³-hybridized carbons (Fsp3) is 0.0303. The molecule has 10 heteroatoms. The first-order valence-corrected chi connectivity index (χ1v) is 13.2. The van der Waals surface area contributed by atoms with Gasteiger partial charge in [0.15, 0.2) is 0 Å². The number of nitrogen functional groups attached to an aromatic ring is 3. The Balaban J connectivity index is 0.000000168. The highest BCUT2D eigenvalue weighted by molar-refractivity contribution is 5.93. The lowest BCUT2D eigenvalue weighted by atomic mass is 10.2. The van der Waals surface area contributed by atoms with Gasteiger partial charge in [-0.15, -0.1) is 0 Å². The van der Waals surface area contributed by atoms with E-state index in [-0.39, 0.29) is 14.5 Å². The van der Waals surface area contributed by atoms with Crippen molar-refractivity contribution in [3.8, 4) is 22.8 Å². The summed E-state index contributed by atoms with van der Waals surface area (Å²) in [6.45, 7) is 0. The summed E-state index contributed by atoms with van der Waals surface area (Å²) in [5.41, 5.74) is 27.6. The molecule has 0 bridgehead atoms. The normalized spacial score (nSPS) is 11.1. The van der Waals surface area contributed by atoms with Crippen LogP contribution in [0.4, 0.5) is 22.7 Å². The Morgan fingerprint density at radius 2 is 0.791 bits per heavy atom. The van der Waals surface area contributed by atoms with Crippen LogP contribution in [0.1, 0.15) is 8.85 Å². The van der Waals surface area contributed by atoms with Gasteiger partial charge in [0.25, 0.3) is 5.69 Å². The highest BCUT2D eigenvalue weighted by Gasteiger charge is 2.11. The van der Waals surface area contributed by atoms with E-state index in [9.17, 15) is 10.1 Å². The van der Waals surface area contributed by atoms with E-state index in [1.54, 1.807) is 12.1 Å². The first kappa shape index (κ1) is 27.0. The third-order valence-corrected chi connectivity index (χ3v) is 7.33. The zero-order valence-corrected chi connectivity index (χ0v) is 22.2. The predicted octanol–water partition coefficient (Wildman–Crippen LogP) is 8.17. The molecular formula is C33H32N8O2. The van der Waals surface area contributed by atoms with Crippen molar-refractivity contribution < 1.29 is 6.35 Å². The van der Waals surface area contributed by atoms with Crippen LogP contribution in [0.3, 0.4) is 0 Å². The Morgan fingerprint density at radius 3 is 1.12 bits per heavy atom. The minimum atomic E-state index is -0.391. The van der Waals surface area contributed by atoms with E-state index < -0.39 is 4.92 Å². The fourth-order valence-electron chi connectivity index (χ4n) is 5.27. The second-order valence-corrected chi connectivity index (χ2v) is 10.3. The minimum Gasteiger partial charge on any atom is -0.399 e. The van der Waals surface area contributed by atoms with Crippen molar-refractivity contribution in [1.82, 2.24) is 19.9 Å². The molecule has 0 saturated heterocycles. The number of benzene rings is 4. The molecule has 0 spiro atoms. The molecule has 4 aromatic heterocycles. The number of anilines is 3. The van der Waals surface area contributed by atoms with Gasteiger partial charge in [0, 0.05) is 74.2 Å². The van der Waals surface area contributed by atoms with Gasteiger partial charge in [-0.2, -0.15) is 0 Å². The van der Waals surface area contributed by atoms with E-state index in [1.807, 2.05) is 66.7 Å². The quantitative estimate of drug-likeness (QED) is 0.0638. The Bertz CT molecular complexity index is 2210. The summed E-state index contributed by atoms with van der Waals surface area (Å²) in [6.07, 6.45) is 0. The number of fused-ring (bicyclic) bond motifs is 4. The van der Waals surface area contributed by atoms with E-state index in [0.717, 1.165) is 77.8 Å². The van der Waals surface area contributed by atoms with Crippen LogP contribution < -0.4 is 17.2 Å². The topological polar surface area (TPSA) is 184 Å². The van der Waals surface area contributed by atoms with Crippen LogP contribution in [-0.4, -0.2) is 24.9 Å². The molecular weight excluding hydrogens is 540 g/mol. The molecule has 43 heavy (non-hydrogen) atoms. The van der Waals surface area contributed by atoms with E-state index in [1.165, 1.54) is 6.07 Å². The molecule has 216 valence electrons. The van der Waals surface area contributed by atoms with Crippen LogP contribution in [-0.2, 0) is 0 Å². The number of nitrogens with zero attached hydrogens (tertiary/aromatic N) is 1. The Morgan fingerprint density at radius 1 is 0.488 bits per heavy atom. The van der Waals surface area contributed by atoms with Gasteiger partial charge in [-0.25, -0.2) is 0 Å². The number of nitrogens with two attached hydrogens (primary N) is 3. The van der Waals surface area contributed by atoms with Crippen molar-refractivity contribution in [2.24, 2.45) is 0 Å². The summed E-state index contributed by atoms with van der Waals surface area (Å²) in [5, 5.41) is 14.9. The summed E-state index contributed by atoms with van der Waals surface area (Å²) >= 11 is 0. The first-order valence-electron chi connectivity index (χ1n) is 13.2. The summed E-state index contributed by atoms with van der Waals surface area (Å²) in [5.74, 6) is 0. The molecule has 0 unspecified atom stereocenters. The number of nitro benzene ring substituents is 1. The molecule has 4 heterocycles. The van der Waals surface area contributed by atoms with Crippen LogP contribution in [0.15, 0.2) is 97.1 Å². The van der Waals surface area contributed by atoms with Gasteiger partial charge < -0.3 is 37.1 Å². The van der Waals surface area contributed by atoms with Crippen molar-refractivity contribution in [1.29, 1.82) is 0 Å². The molecule has 8 aromatic rings. The van der Waals surface area contributed by atoms with Gasteiger partial charge in [-0.1, -0.05) is 7.43 Å². The number of aromatic amines is 4. The van der Waals surface area contributed by atoms with Crippen LogP contribution in [0, 0.1) is 10.1 Å². The lowest BCUT2D eigenvalue weighted by Crippen LogP contribution is -1.86. The van der Waals surface area contributed by atoms with Crippen molar-refractivity contribution in [3.05, 3.63) is 107 Å². The lowest BCUT2D eigenvalue weighted by molar-refractivity contribution is -0.384. The van der Waals surface area contributed by atoms with Gasteiger partial charge in [0.05, 0.1) is 27.7 Å². The Hall–Kier alpha value is -6.16. The third kappa shape index (κ3) is 5.08. The van der Waals surface area contributed by atoms with Crippen molar-refractivity contribution >= 4 is 66.4 Å². The summed E-state index contributed by atoms with van der Waals surface area (Å²) in [6, 6.07) is 30.3. The number of nitrogens with one attached hydrogen (secondary N) is 4. The van der Waals surface area contributed by atoms with Crippen LogP contribution in [0.25, 0.3) is 66.4 Å². The molecule has 0 aliphatic carbocycles. The van der Waals surface area contributed by atoms with Crippen molar-refractivity contribution in [2.75, 3.05) is 17.2 Å². The van der Waals surface area contributed by atoms with Gasteiger partial charge in [-0.3, -0.25) is 10.1 Å². The molecule has 10 nitrogen and oxygen atoms in total. The molecule has 0 aliphatic rings. The van der Waals surface area contributed by atoms with E-state index in [0.29, 0.717) is 5.69 Å². The van der Waals surface area contributed by atoms with Gasteiger partial charge >= 0.3 is 0 Å². The standard InChI is InChI=1S/C16H12N4O2.C16H14N4.CH4.H2/c17-11-1-3-13-9(5-11)7-15(18-13)16-8-10-6-12(20(21)22)2-4-14(10)19-16;17-11-1-3-13-9(5-11)7-15(19-13)16-8-10-6-12(18)2-4-14(10)20-16;;/h1-8,18-19H,17H2;1-8,19-20H,17-18H2;1H4;1H. The second-order valence-electron chi connectivity index (χ2n) is 10.3. The molecule has 0 amide bonds. The number of hydrogen-bond acceptors (Lipinski definition) is 5. The Kier molecular flexibility index (Phi) is 6.50. The smallest absolute Gasteiger partial charge is 0.270 e. The molecule has 0 saturated carbocycles. The molecule has 10 N–H and O–H groups in total. The number of hydrogen-bond donors (Lipinski definition) is 7. The van der Waals surface area contributed by atoms with Gasteiger partial charge in [-0.05, 0) is 84.9 Å². The number of rotatable bonds is 3. The maximum absolute atomic E-state index is 10.8. The van der Waals surface area contributed by atoms with E-state index in [4.69, 9.17) is 17.2 Å². The first-order chi connectivity index (χ1) is 20.3. The third-order valence-electron chi connectivity index (χ3n) is 7.33. The lowest BCUT2D eigenvalue weighted by Gasteiger charge is -1.92. The second kappa shape index (κ2) is 10.3. The largest absolute Gasteiger partial charge is 0.399 e. The van der Waals surface area contributed by atoms with E-state index >= 15 is 0 Å². The average molecular weight is 573 g/mol. The van der Waals surface area contributed by atoms with Crippen LogP contribution >= 0.6 is 0 Å². The summed E-state index contributed by atoms with van der Waals surface area (Å²) < 4.78 is 0. The molecule has 0 aliphatic heterocycles. The molecule has 0 fully saturated rings. The monoisotopic (exact) mass is 572 g/mol. The highest BCUT2D eigenvalue weighted by Crippen LogP contribution is 2.30. The zero-order chi connectivity index (χ0) is 29.0. The minimum absolute atomic E-state index is 0. The average Bonchev–Trinajstić information content (AvgIpc) is 3.75. The molecule has 0 radical (unpaired) electrons. The maximum atomic E-state index is 10.8. The SMILES string of the molecule is C.Nc1ccc2[nH]c(-c3cc4cc(N)ccc4[nH]3)cc2c1.Nc1ccc2[nH]c(-c3cc4cc([N+](=O)[O-])ccc4[nH]3)cc2c1.[HH]. The predicted molar refractivity (Wildman–Crippen MR) is 180 cm³/mol. The van der Waals surface area contributed by atoms with Crippen molar-refractivity contribution in [3.63, 3.8) is 0 Å². The van der Waals surface area contributed by atoms with Crippen molar-refractivity contribution in [2.45, 2.75) is 7.43 Å². The number of nitro groups is 1. The van der Waals surface area contributed by atoms with Gasteiger partial charge in [0.2, 0.25) is 0 Å². The number of non-ortho nitro benzene ring substituents is 1. The fourth-order valence-corrected chi connectivity index (χ4v) is 5.27. The molecule has 0 atom stereocenters. The van der Waals surface area contributed by atoms with Crippen LogP contribution in [0.2, 0.25) is 0 Å². The van der Waals surface area contributed by atoms with E-state index in [2.05, 4.69) is 32.1 Å². The summed E-state index contributed by atoms with van der Waals surface area (Å²) in [4.78, 5) is 23.8. The van der Waals surface area contributed by atoms with Gasteiger partial charge in [0.1, 0.15) is 0 Å². The summed E-state index contributed by atoms with van der Waals surface area (Å²) in [7, 11) is 0. The maximum Gasteiger partial charge on any atom is 0.270 e. The van der Waals surface area contributed by atoms with Crippen LogP contribution in [0.5, 0.6) is 0 Å². The molecule has 8 rings (SSSR count). The number of H-pyrrole nitrogens is 4. The molecule has 4 aromatic carbocycles. The zero-order valence-electron chi connectivity index (χ0n) is 22.2. The Labute approximate surface area is 247 Å².